The number of furan rings is 1. The first-order valence-electron chi connectivity index (χ1n) is 12.7. The van der Waals surface area contributed by atoms with E-state index in [1.54, 1.807) is 40.6 Å². The minimum Gasteiger partial charge on any atom is -0.449 e. The van der Waals surface area contributed by atoms with E-state index in [-0.39, 0.29) is 36.3 Å². The number of pyridine rings is 1. The molecule has 2 unspecified atom stereocenters. The molecule has 0 N–H and O–H groups in total. The van der Waals surface area contributed by atoms with E-state index >= 15 is 0 Å². The largest absolute Gasteiger partial charge is 0.449 e. The molecule has 0 aliphatic carbocycles. The SMILES string of the molecule is CCOC(=O)N(c1c(C(=O)c2cnn(C)c2)oc2nc(C)c(-c3cnn(C)c3)cc12)C1CC(C)OC(C)C1. The quantitative estimate of drug-likeness (QED) is 0.343. The Kier molecular flexibility index (Phi) is 6.78. The summed E-state index contributed by atoms with van der Waals surface area (Å²) in [5.41, 5.74) is 3.35. The Balaban J connectivity index is 1.77. The first-order valence-corrected chi connectivity index (χ1v) is 12.7. The molecule has 11 heteroatoms. The summed E-state index contributed by atoms with van der Waals surface area (Å²) in [4.78, 5) is 33.7. The molecule has 1 aliphatic rings. The molecule has 2 atom stereocenters. The lowest BCUT2D eigenvalue weighted by molar-refractivity contribution is -0.0374. The van der Waals surface area contributed by atoms with Crippen LogP contribution in [0.3, 0.4) is 0 Å². The van der Waals surface area contributed by atoms with Gasteiger partial charge in [0.2, 0.25) is 17.3 Å². The third-order valence-electron chi connectivity index (χ3n) is 6.78. The Bertz CT molecular complexity index is 1490. The number of aryl methyl sites for hydroxylation is 3. The van der Waals surface area contributed by atoms with E-state index in [9.17, 15) is 9.59 Å². The number of carbonyl (C=O) groups is 2. The molecule has 200 valence electrons. The highest BCUT2D eigenvalue weighted by Crippen LogP contribution is 2.41. The number of hydrogen-bond donors (Lipinski definition) is 0. The topological polar surface area (TPSA) is 118 Å². The fraction of sp³-hybridized carbons (Fsp3) is 0.444. The third-order valence-corrected chi connectivity index (χ3v) is 6.78. The van der Waals surface area contributed by atoms with Crippen LogP contribution in [-0.2, 0) is 23.6 Å². The number of aromatic nitrogens is 5. The lowest BCUT2D eigenvalue weighted by atomic mass is 9.96. The molecule has 1 saturated heterocycles. The molecule has 38 heavy (non-hydrogen) atoms. The molecule has 0 spiro atoms. The minimum absolute atomic E-state index is 0.0167. The monoisotopic (exact) mass is 520 g/mol. The average Bonchev–Trinajstić information content (AvgIpc) is 3.57. The van der Waals surface area contributed by atoms with Crippen LogP contribution < -0.4 is 4.90 Å². The van der Waals surface area contributed by atoms with Crippen molar-refractivity contribution in [3.8, 4) is 11.1 Å². The number of ether oxygens (including phenoxy) is 2. The second-order valence-electron chi connectivity index (χ2n) is 9.84. The van der Waals surface area contributed by atoms with Gasteiger partial charge in [-0.15, -0.1) is 0 Å². The summed E-state index contributed by atoms with van der Waals surface area (Å²) in [6.07, 6.45) is 7.18. The molecule has 0 bridgehead atoms. The van der Waals surface area contributed by atoms with Crippen LogP contribution in [0, 0.1) is 6.92 Å². The first kappa shape index (κ1) is 25.7. The lowest BCUT2D eigenvalue weighted by Crippen LogP contribution is -2.48. The van der Waals surface area contributed by atoms with Crippen LogP contribution in [0.4, 0.5) is 10.5 Å². The number of rotatable bonds is 6. The van der Waals surface area contributed by atoms with Crippen molar-refractivity contribution in [2.24, 2.45) is 14.1 Å². The Morgan fingerprint density at radius 2 is 1.79 bits per heavy atom. The van der Waals surface area contributed by atoms with Gasteiger partial charge >= 0.3 is 6.09 Å². The summed E-state index contributed by atoms with van der Waals surface area (Å²) in [5.74, 6) is -0.378. The number of carbonyl (C=O) groups excluding carboxylic acids is 2. The van der Waals surface area contributed by atoms with Gasteiger partial charge in [0.1, 0.15) is 5.69 Å². The van der Waals surface area contributed by atoms with E-state index in [4.69, 9.17) is 18.9 Å². The molecular formula is C27H32N6O5. The van der Waals surface area contributed by atoms with Crippen LogP contribution in [-0.4, -0.2) is 61.3 Å². The van der Waals surface area contributed by atoms with Crippen molar-refractivity contribution >= 4 is 28.7 Å². The summed E-state index contributed by atoms with van der Waals surface area (Å²) in [6.45, 7) is 7.77. The third kappa shape index (κ3) is 4.69. The predicted molar refractivity (Wildman–Crippen MR) is 140 cm³/mol. The zero-order valence-corrected chi connectivity index (χ0v) is 22.5. The number of amides is 1. The maximum Gasteiger partial charge on any atom is 0.414 e. The molecule has 5 rings (SSSR count). The van der Waals surface area contributed by atoms with Crippen LogP contribution in [0.1, 0.15) is 55.4 Å². The molecule has 0 saturated carbocycles. The summed E-state index contributed by atoms with van der Waals surface area (Å²) < 4.78 is 20.9. The molecule has 4 aromatic rings. The van der Waals surface area contributed by atoms with Gasteiger partial charge in [0.25, 0.3) is 0 Å². The molecule has 1 aliphatic heterocycles. The van der Waals surface area contributed by atoms with Crippen molar-refractivity contribution < 1.29 is 23.5 Å². The Hall–Kier alpha value is -3.99. The smallest absolute Gasteiger partial charge is 0.414 e. The molecule has 5 heterocycles. The number of fused-ring (bicyclic) bond motifs is 1. The Morgan fingerprint density at radius 3 is 2.39 bits per heavy atom. The molecule has 0 radical (unpaired) electrons. The Labute approximate surface area is 220 Å². The van der Waals surface area contributed by atoms with Crippen LogP contribution in [0.15, 0.2) is 35.3 Å². The van der Waals surface area contributed by atoms with Gasteiger partial charge in [-0.2, -0.15) is 10.2 Å². The normalized spacial score (nSPS) is 19.6. The summed E-state index contributed by atoms with van der Waals surface area (Å²) >= 11 is 0. The van der Waals surface area contributed by atoms with E-state index in [1.807, 2.05) is 40.1 Å². The van der Waals surface area contributed by atoms with E-state index in [2.05, 4.69) is 10.2 Å². The van der Waals surface area contributed by atoms with Gasteiger partial charge in [0.05, 0.1) is 42.2 Å². The number of anilines is 1. The van der Waals surface area contributed by atoms with Gasteiger partial charge in [-0.25, -0.2) is 9.78 Å². The summed E-state index contributed by atoms with van der Waals surface area (Å²) in [6, 6.07) is 1.63. The van der Waals surface area contributed by atoms with Crippen LogP contribution >= 0.6 is 0 Å². The van der Waals surface area contributed by atoms with Crippen LogP contribution in [0.5, 0.6) is 0 Å². The van der Waals surface area contributed by atoms with Crippen LogP contribution in [0.25, 0.3) is 22.2 Å². The van der Waals surface area contributed by atoms with Crippen molar-refractivity contribution in [1.82, 2.24) is 24.5 Å². The van der Waals surface area contributed by atoms with Crippen molar-refractivity contribution in [3.05, 3.63) is 47.9 Å². The zero-order valence-electron chi connectivity index (χ0n) is 22.5. The molecule has 1 amide bonds. The Morgan fingerprint density at radius 1 is 1.11 bits per heavy atom. The van der Waals surface area contributed by atoms with Crippen molar-refractivity contribution in [1.29, 1.82) is 0 Å². The van der Waals surface area contributed by atoms with Gasteiger partial charge in [-0.1, -0.05) is 0 Å². The van der Waals surface area contributed by atoms with Gasteiger partial charge < -0.3 is 13.9 Å². The molecular weight excluding hydrogens is 488 g/mol. The number of ketones is 1. The number of hydrogen-bond acceptors (Lipinski definition) is 8. The van der Waals surface area contributed by atoms with Gasteiger partial charge in [-0.3, -0.25) is 19.1 Å². The second kappa shape index (κ2) is 10.1. The maximum absolute atomic E-state index is 13.8. The van der Waals surface area contributed by atoms with Gasteiger partial charge in [0, 0.05) is 49.4 Å². The minimum atomic E-state index is -0.551. The highest BCUT2D eigenvalue weighted by molar-refractivity contribution is 6.17. The molecule has 0 aromatic carbocycles. The fourth-order valence-electron chi connectivity index (χ4n) is 5.21. The molecule has 4 aromatic heterocycles. The fourth-order valence-corrected chi connectivity index (χ4v) is 5.21. The highest BCUT2D eigenvalue weighted by Gasteiger charge is 2.39. The number of nitrogens with zero attached hydrogens (tertiary/aromatic N) is 6. The van der Waals surface area contributed by atoms with Crippen molar-refractivity contribution in [3.63, 3.8) is 0 Å². The zero-order chi connectivity index (χ0) is 27.1. The standard InChI is InChI=1S/C27H32N6O5/c1-7-36-27(35)33(20-8-15(2)37-16(3)9-20)23-22-10-21(18-11-28-31(5)13-18)17(4)30-26(22)38-25(23)24(34)19-12-29-32(6)14-19/h10-16,20H,7-9H2,1-6H3. The van der Waals surface area contributed by atoms with Crippen LogP contribution in [0.2, 0.25) is 0 Å². The van der Waals surface area contributed by atoms with E-state index in [0.717, 1.165) is 11.1 Å². The predicted octanol–water partition coefficient (Wildman–Crippen LogP) is 4.42. The first-order chi connectivity index (χ1) is 18.2. The molecule has 11 nitrogen and oxygen atoms in total. The average molecular weight is 521 g/mol. The van der Waals surface area contributed by atoms with E-state index in [1.165, 1.54) is 6.20 Å². The van der Waals surface area contributed by atoms with E-state index < -0.39 is 11.9 Å². The van der Waals surface area contributed by atoms with Crippen molar-refractivity contribution in [2.75, 3.05) is 11.5 Å². The molecule has 1 fully saturated rings. The van der Waals surface area contributed by atoms with Crippen molar-refractivity contribution in [2.45, 2.75) is 58.8 Å². The lowest BCUT2D eigenvalue weighted by Gasteiger charge is -2.38. The highest BCUT2D eigenvalue weighted by atomic mass is 16.6. The summed E-state index contributed by atoms with van der Waals surface area (Å²) in [7, 11) is 3.58. The maximum atomic E-state index is 13.8. The second-order valence-corrected chi connectivity index (χ2v) is 9.84. The van der Waals surface area contributed by atoms with E-state index in [0.29, 0.717) is 35.2 Å². The van der Waals surface area contributed by atoms with Gasteiger partial charge in [-0.05, 0) is 46.6 Å². The van der Waals surface area contributed by atoms with Gasteiger partial charge in [0.15, 0.2) is 0 Å². The summed E-state index contributed by atoms with van der Waals surface area (Å²) in [5, 5.41) is 8.98.